The van der Waals surface area contributed by atoms with Crippen molar-refractivity contribution in [1.29, 1.82) is 0 Å². The maximum atomic E-state index is 5.60. The molecule has 0 radical (unpaired) electrons. The average molecular weight is 420 g/mol. The van der Waals surface area contributed by atoms with E-state index in [2.05, 4.69) is 12.1 Å². The summed E-state index contributed by atoms with van der Waals surface area (Å²) >= 11 is 1.51. The predicted molar refractivity (Wildman–Crippen MR) is 118 cm³/mol. The van der Waals surface area contributed by atoms with Gasteiger partial charge in [0.2, 0.25) is 4.80 Å². The summed E-state index contributed by atoms with van der Waals surface area (Å²) in [6.45, 7) is 0.566. The smallest absolute Gasteiger partial charge is 0.206 e. The van der Waals surface area contributed by atoms with Crippen LogP contribution in [0.4, 0.5) is 0 Å². The number of methoxy groups -OCH3 is 2. The van der Waals surface area contributed by atoms with E-state index in [1.54, 1.807) is 31.4 Å². The van der Waals surface area contributed by atoms with Gasteiger partial charge in [-0.2, -0.15) is 5.10 Å². The van der Waals surface area contributed by atoms with E-state index in [1.165, 1.54) is 11.3 Å². The molecule has 0 amide bonds. The number of thiazole rings is 1. The molecule has 0 N–H and O–H groups in total. The molecule has 4 aromatic rings. The average Bonchev–Trinajstić information content (AvgIpc) is 3.46. The van der Waals surface area contributed by atoms with Gasteiger partial charge in [-0.05, 0) is 35.9 Å². The topological polar surface area (TPSA) is 61.2 Å². The van der Waals surface area contributed by atoms with E-state index in [-0.39, 0.29) is 0 Å². The quantitative estimate of drug-likeness (QED) is 0.404. The minimum absolute atomic E-state index is 0.566. The molecule has 0 saturated heterocycles. The molecule has 0 saturated carbocycles. The van der Waals surface area contributed by atoms with Crippen LogP contribution in [0.25, 0.3) is 11.5 Å². The number of aromatic nitrogens is 1. The van der Waals surface area contributed by atoms with Crippen LogP contribution < -0.4 is 14.3 Å². The molecule has 30 heavy (non-hydrogen) atoms. The number of hydrogen-bond donors (Lipinski definition) is 0. The van der Waals surface area contributed by atoms with Gasteiger partial charge in [-0.15, -0.1) is 11.3 Å². The number of ether oxygens (including phenoxy) is 2. The van der Waals surface area contributed by atoms with Crippen molar-refractivity contribution in [3.63, 3.8) is 0 Å². The Morgan fingerprint density at radius 2 is 1.90 bits per heavy atom. The van der Waals surface area contributed by atoms with Crippen molar-refractivity contribution in [3.05, 3.63) is 88.2 Å². The first-order chi connectivity index (χ1) is 14.8. The minimum Gasteiger partial charge on any atom is -0.497 e. The molecule has 0 atom stereocenters. The summed E-state index contributed by atoms with van der Waals surface area (Å²) in [6, 6.07) is 19.5. The molecule has 7 heteroatoms. The fraction of sp³-hybridized carbons (Fsp3) is 0.130. The van der Waals surface area contributed by atoms with Crippen molar-refractivity contribution in [2.45, 2.75) is 6.54 Å². The largest absolute Gasteiger partial charge is 0.497 e. The highest BCUT2D eigenvalue weighted by molar-refractivity contribution is 7.07. The molecular weight excluding hydrogens is 398 g/mol. The van der Waals surface area contributed by atoms with Gasteiger partial charge < -0.3 is 13.9 Å². The third-order valence-electron chi connectivity index (χ3n) is 4.45. The van der Waals surface area contributed by atoms with E-state index < -0.39 is 0 Å². The zero-order valence-electron chi connectivity index (χ0n) is 16.7. The fourth-order valence-electron chi connectivity index (χ4n) is 2.92. The molecule has 0 aliphatic carbocycles. The molecule has 0 fully saturated rings. The minimum atomic E-state index is 0.566. The number of benzene rings is 2. The Hall–Kier alpha value is -3.58. The van der Waals surface area contributed by atoms with Gasteiger partial charge in [-0.3, -0.25) is 4.99 Å². The Morgan fingerprint density at radius 1 is 1.03 bits per heavy atom. The number of rotatable bonds is 7. The highest BCUT2D eigenvalue weighted by atomic mass is 32.1. The summed E-state index contributed by atoms with van der Waals surface area (Å²) in [6.07, 6.45) is 3.38. The Bertz CT molecular complexity index is 1190. The van der Waals surface area contributed by atoms with Crippen LogP contribution in [0.5, 0.6) is 11.5 Å². The third kappa shape index (κ3) is 4.36. The summed E-state index contributed by atoms with van der Waals surface area (Å²) < 4.78 is 18.2. The molecule has 2 aromatic carbocycles. The van der Waals surface area contributed by atoms with Crippen LogP contribution in [0.1, 0.15) is 11.1 Å². The molecule has 2 aromatic heterocycles. The van der Waals surface area contributed by atoms with Crippen molar-refractivity contribution < 1.29 is 13.9 Å². The zero-order valence-corrected chi connectivity index (χ0v) is 17.5. The second-order valence-electron chi connectivity index (χ2n) is 6.35. The van der Waals surface area contributed by atoms with Gasteiger partial charge in [-0.1, -0.05) is 30.3 Å². The lowest BCUT2D eigenvalue weighted by Gasteiger charge is -2.07. The van der Waals surface area contributed by atoms with Crippen molar-refractivity contribution in [3.8, 4) is 23.0 Å². The van der Waals surface area contributed by atoms with E-state index in [1.807, 2.05) is 53.9 Å². The van der Waals surface area contributed by atoms with Crippen LogP contribution in [0, 0.1) is 0 Å². The van der Waals surface area contributed by atoms with E-state index in [0.717, 1.165) is 33.1 Å². The Labute approximate surface area is 178 Å². The zero-order chi connectivity index (χ0) is 20.8. The summed E-state index contributed by atoms with van der Waals surface area (Å²) in [5.74, 6) is 2.16. The van der Waals surface area contributed by atoms with Crippen LogP contribution in [-0.2, 0) is 6.54 Å². The summed E-state index contributed by atoms with van der Waals surface area (Å²) in [5.41, 5.74) is 2.76. The van der Waals surface area contributed by atoms with Crippen LogP contribution in [-0.4, -0.2) is 25.1 Å². The standard InChI is InChI=1S/C23H21N3O3S/c1-27-19-10-11-21(28-2)18(13-19)15-25-26-20(22-9-6-12-29-22)16-30-23(26)24-14-17-7-4-3-5-8-17/h3-13,15-16H,14H2,1-2H3. The van der Waals surface area contributed by atoms with Gasteiger partial charge in [0.05, 0.1) is 33.2 Å². The Kier molecular flexibility index (Phi) is 6.10. The molecule has 0 spiro atoms. The Morgan fingerprint density at radius 3 is 2.63 bits per heavy atom. The molecular formula is C23H21N3O3S. The SMILES string of the molecule is COc1ccc(OC)c(C=Nn2c(-c3ccco3)csc2=NCc2ccccc2)c1. The monoisotopic (exact) mass is 419 g/mol. The van der Waals surface area contributed by atoms with Crippen molar-refractivity contribution in [2.24, 2.45) is 10.1 Å². The maximum Gasteiger partial charge on any atom is 0.206 e. The fourth-order valence-corrected chi connectivity index (χ4v) is 3.73. The van der Waals surface area contributed by atoms with Crippen LogP contribution >= 0.6 is 11.3 Å². The van der Waals surface area contributed by atoms with Crippen molar-refractivity contribution in [2.75, 3.05) is 14.2 Å². The highest BCUT2D eigenvalue weighted by Crippen LogP contribution is 2.24. The third-order valence-corrected chi connectivity index (χ3v) is 5.30. The first-order valence-electron chi connectivity index (χ1n) is 9.33. The van der Waals surface area contributed by atoms with Crippen LogP contribution in [0.3, 0.4) is 0 Å². The molecule has 152 valence electrons. The van der Waals surface area contributed by atoms with Crippen molar-refractivity contribution in [1.82, 2.24) is 4.68 Å². The number of furan rings is 1. The van der Waals surface area contributed by atoms with Gasteiger partial charge in [-0.25, -0.2) is 4.68 Å². The van der Waals surface area contributed by atoms with E-state index in [4.69, 9.17) is 24.0 Å². The second-order valence-corrected chi connectivity index (χ2v) is 7.18. The lowest BCUT2D eigenvalue weighted by Crippen LogP contribution is -2.12. The van der Waals surface area contributed by atoms with Crippen molar-refractivity contribution >= 4 is 17.6 Å². The number of nitrogens with zero attached hydrogens (tertiary/aromatic N) is 3. The Balaban J connectivity index is 1.76. The molecule has 0 aliphatic rings. The summed E-state index contributed by atoms with van der Waals surface area (Å²) in [5, 5.41) is 6.69. The molecule has 0 unspecified atom stereocenters. The lowest BCUT2D eigenvalue weighted by atomic mass is 10.2. The summed E-state index contributed by atoms with van der Waals surface area (Å²) in [4.78, 5) is 5.53. The van der Waals surface area contributed by atoms with E-state index in [9.17, 15) is 0 Å². The van der Waals surface area contributed by atoms with Gasteiger partial charge in [0.1, 0.15) is 17.2 Å². The van der Waals surface area contributed by atoms with Gasteiger partial charge in [0.25, 0.3) is 0 Å². The molecule has 0 aliphatic heterocycles. The highest BCUT2D eigenvalue weighted by Gasteiger charge is 2.10. The lowest BCUT2D eigenvalue weighted by molar-refractivity contribution is 0.402. The molecule has 2 heterocycles. The normalized spacial score (nSPS) is 11.9. The maximum absolute atomic E-state index is 5.60. The van der Waals surface area contributed by atoms with Gasteiger partial charge in [0.15, 0.2) is 5.76 Å². The predicted octanol–water partition coefficient (Wildman–Crippen LogP) is 4.81. The van der Waals surface area contributed by atoms with Gasteiger partial charge in [0, 0.05) is 10.9 Å². The molecule has 6 nitrogen and oxygen atoms in total. The van der Waals surface area contributed by atoms with Gasteiger partial charge >= 0.3 is 0 Å². The van der Waals surface area contributed by atoms with E-state index in [0.29, 0.717) is 12.3 Å². The first kappa shape index (κ1) is 19.7. The summed E-state index contributed by atoms with van der Waals surface area (Å²) in [7, 11) is 3.26. The van der Waals surface area contributed by atoms with E-state index >= 15 is 0 Å². The van der Waals surface area contributed by atoms with Crippen LogP contribution in [0.2, 0.25) is 0 Å². The van der Waals surface area contributed by atoms with Crippen LogP contribution in [0.15, 0.2) is 86.8 Å². The second kappa shape index (κ2) is 9.28. The first-order valence-corrected chi connectivity index (χ1v) is 10.2. The molecule has 0 bridgehead atoms. The molecule has 4 rings (SSSR count). The number of hydrogen-bond acceptors (Lipinski definition) is 6.